The van der Waals surface area contributed by atoms with Gasteiger partial charge < -0.3 is 20.5 Å². The Morgan fingerprint density at radius 3 is 2.68 bits per heavy atom. The molecule has 0 radical (unpaired) electrons. The molecule has 3 N–H and O–H groups in total. The maximum atomic E-state index is 14.4. The molecule has 0 bridgehead atoms. The SMILES string of the molecule is COc1ccc(C(=O)Nc2cnc(F)c(C3(CF)CC(C(F)(F)F)OC(N)=N3)c2)nc1. The summed E-state index contributed by atoms with van der Waals surface area (Å²) in [7, 11) is 1.41. The van der Waals surface area contributed by atoms with E-state index in [0.717, 1.165) is 12.3 Å². The van der Waals surface area contributed by atoms with Gasteiger partial charge in [-0.15, -0.1) is 0 Å². The minimum absolute atomic E-state index is 0.0302. The minimum atomic E-state index is -4.89. The molecule has 8 nitrogen and oxygen atoms in total. The van der Waals surface area contributed by atoms with Gasteiger partial charge in [0.1, 0.15) is 23.7 Å². The molecular weight excluding hydrogens is 429 g/mol. The standard InChI is InChI=1S/C18H16F5N5O3/c1-30-10-2-3-12(25-7-10)15(29)27-9-4-11(14(20)26-6-9)17(8-19)5-13(18(21,22)23)31-16(24)28-17/h2-4,6-7,13H,5,8H2,1H3,(H2,24,28)(H,27,29). The van der Waals surface area contributed by atoms with Gasteiger partial charge >= 0.3 is 6.18 Å². The van der Waals surface area contributed by atoms with Crippen molar-refractivity contribution in [2.75, 3.05) is 19.1 Å². The van der Waals surface area contributed by atoms with Crippen molar-refractivity contribution < 1.29 is 36.2 Å². The Hall–Kier alpha value is -3.51. The summed E-state index contributed by atoms with van der Waals surface area (Å²) in [6.45, 7) is -1.51. The van der Waals surface area contributed by atoms with Crippen LogP contribution in [0.1, 0.15) is 22.5 Å². The number of hydrogen-bond acceptors (Lipinski definition) is 7. The van der Waals surface area contributed by atoms with E-state index in [0.29, 0.717) is 5.75 Å². The maximum absolute atomic E-state index is 14.4. The summed E-state index contributed by atoms with van der Waals surface area (Å²) in [5, 5.41) is 2.37. The van der Waals surface area contributed by atoms with Crippen LogP contribution in [-0.2, 0) is 10.3 Å². The molecule has 0 spiro atoms. The fourth-order valence-corrected chi connectivity index (χ4v) is 2.96. The van der Waals surface area contributed by atoms with E-state index in [1.807, 2.05) is 0 Å². The summed E-state index contributed by atoms with van der Waals surface area (Å²) in [5.41, 5.74) is 2.21. The number of aromatic nitrogens is 2. The Balaban J connectivity index is 1.93. The molecule has 2 aromatic heterocycles. The molecule has 0 saturated heterocycles. The fraction of sp³-hybridized carbons (Fsp3) is 0.333. The number of aliphatic imine (C=N–C) groups is 1. The zero-order valence-electron chi connectivity index (χ0n) is 15.9. The van der Waals surface area contributed by atoms with E-state index in [4.69, 9.17) is 10.5 Å². The zero-order chi connectivity index (χ0) is 22.8. The Bertz CT molecular complexity index is 999. The third-order valence-corrected chi connectivity index (χ3v) is 4.50. The van der Waals surface area contributed by atoms with Crippen LogP contribution in [0.15, 0.2) is 35.6 Å². The van der Waals surface area contributed by atoms with Crippen LogP contribution in [0.2, 0.25) is 0 Å². The van der Waals surface area contributed by atoms with Gasteiger partial charge in [0.05, 0.1) is 25.2 Å². The summed E-state index contributed by atoms with van der Waals surface area (Å²) >= 11 is 0. The monoisotopic (exact) mass is 445 g/mol. The van der Waals surface area contributed by atoms with Gasteiger partial charge in [-0.25, -0.2) is 19.4 Å². The molecular formula is C18H16F5N5O3. The summed E-state index contributed by atoms with van der Waals surface area (Å²) in [6.07, 6.45) is -6.25. The number of pyridine rings is 2. The van der Waals surface area contributed by atoms with Crippen molar-refractivity contribution in [3.8, 4) is 5.75 Å². The number of halogens is 5. The molecule has 2 aromatic rings. The number of rotatable bonds is 5. The first-order valence-corrected chi connectivity index (χ1v) is 8.70. The first-order valence-electron chi connectivity index (χ1n) is 8.70. The lowest BCUT2D eigenvalue weighted by molar-refractivity contribution is -0.209. The maximum Gasteiger partial charge on any atom is 0.425 e. The third kappa shape index (κ3) is 4.64. The van der Waals surface area contributed by atoms with Crippen molar-refractivity contribution in [2.45, 2.75) is 24.2 Å². The fourth-order valence-electron chi connectivity index (χ4n) is 2.96. The highest BCUT2D eigenvalue weighted by atomic mass is 19.4. The molecule has 3 rings (SSSR count). The second-order valence-electron chi connectivity index (χ2n) is 6.57. The number of nitrogens with zero attached hydrogens (tertiary/aromatic N) is 3. The van der Waals surface area contributed by atoms with Gasteiger partial charge in [-0.3, -0.25) is 4.79 Å². The smallest absolute Gasteiger partial charge is 0.425 e. The molecule has 1 aliphatic heterocycles. The average Bonchev–Trinajstić information content (AvgIpc) is 2.74. The van der Waals surface area contributed by atoms with Crippen LogP contribution in [0.5, 0.6) is 5.75 Å². The van der Waals surface area contributed by atoms with E-state index < -0.39 is 54.4 Å². The molecule has 13 heteroatoms. The van der Waals surface area contributed by atoms with Gasteiger partial charge in [-0.05, 0) is 18.2 Å². The van der Waals surface area contributed by atoms with Crippen molar-refractivity contribution in [1.82, 2.24) is 9.97 Å². The van der Waals surface area contributed by atoms with E-state index in [1.54, 1.807) is 0 Å². The number of ether oxygens (including phenoxy) is 2. The second kappa shape index (κ2) is 8.32. The number of methoxy groups -OCH3 is 1. The van der Waals surface area contributed by atoms with Crippen LogP contribution in [0.4, 0.5) is 27.6 Å². The van der Waals surface area contributed by atoms with E-state index in [9.17, 15) is 26.7 Å². The van der Waals surface area contributed by atoms with E-state index in [2.05, 4.69) is 25.0 Å². The topological polar surface area (TPSA) is 112 Å². The number of amidine groups is 1. The van der Waals surface area contributed by atoms with Crippen LogP contribution in [-0.4, -0.2) is 48.0 Å². The largest absolute Gasteiger partial charge is 0.495 e. The van der Waals surface area contributed by atoms with Crippen molar-refractivity contribution in [3.63, 3.8) is 0 Å². The number of carbonyl (C=O) groups excluding carboxylic acids is 1. The normalized spacial score (nSPS) is 21.1. The van der Waals surface area contributed by atoms with Gasteiger partial charge in [0, 0.05) is 12.0 Å². The third-order valence-electron chi connectivity index (χ3n) is 4.50. The zero-order valence-corrected chi connectivity index (χ0v) is 15.9. The first-order chi connectivity index (χ1) is 14.6. The second-order valence-corrected chi connectivity index (χ2v) is 6.57. The van der Waals surface area contributed by atoms with Gasteiger partial charge in [-0.2, -0.15) is 17.6 Å². The van der Waals surface area contributed by atoms with Crippen LogP contribution >= 0.6 is 0 Å². The number of alkyl halides is 4. The summed E-state index contributed by atoms with van der Waals surface area (Å²) in [6, 6.07) is 2.83. The first kappa shape index (κ1) is 22.2. The lowest BCUT2D eigenvalue weighted by Crippen LogP contribution is -2.48. The van der Waals surface area contributed by atoms with Crippen molar-refractivity contribution >= 4 is 17.6 Å². The minimum Gasteiger partial charge on any atom is -0.495 e. The molecule has 3 heterocycles. The molecule has 1 aliphatic rings. The Labute approximate surface area is 172 Å². The number of carbonyl (C=O) groups is 1. The van der Waals surface area contributed by atoms with Crippen LogP contribution in [0.3, 0.4) is 0 Å². The summed E-state index contributed by atoms with van der Waals surface area (Å²) < 4.78 is 77.3. The molecule has 31 heavy (non-hydrogen) atoms. The molecule has 0 saturated carbocycles. The van der Waals surface area contributed by atoms with Gasteiger partial charge in [0.2, 0.25) is 5.95 Å². The van der Waals surface area contributed by atoms with E-state index in [-0.39, 0.29) is 11.4 Å². The molecule has 0 fully saturated rings. The van der Waals surface area contributed by atoms with Crippen LogP contribution in [0, 0.1) is 5.95 Å². The summed E-state index contributed by atoms with van der Waals surface area (Å²) in [5.74, 6) is -1.58. The number of nitrogens with one attached hydrogen (secondary N) is 1. The van der Waals surface area contributed by atoms with Gasteiger partial charge in [-0.1, -0.05) is 0 Å². The average molecular weight is 445 g/mol. The lowest BCUT2D eigenvalue weighted by atomic mass is 9.85. The molecule has 166 valence electrons. The molecule has 0 aliphatic carbocycles. The molecule has 2 atom stereocenters. The van der Waals surface area contributed by atoms with E-state index >= 15 is 0 Å². The predicted octanol–water partition coefficient (Wildman–Crippen LogP) is 2.71. The van der Waals surface area contributed by atoms with Gasteiger partial charge in [0.25, 0.3) is 11.9 Å². The van der Waals surface area contributed by atoms with Crippen molar-refractivity contribution in [2.24, 2.45) is 10.7 Å². The Morgan fingerprint density at radius 1 is 1.35 bits per heavy atom. The Kier molecular flexibility index (Phi) is 5.95. The van der Waals surface area contributed by atoms with Crippen molar-refractivity contribution in [3.05, 3.63) is 47.8 Å². The van der Waals surface area contributed by atoms with Crippen LogP contribution in [0.25, 0.3) is 0 Å². The highest BCUT2D eigenvalue weighted by molar-refractivity contribution is 6.02. The number of hydrogen-bond donors (Lipinski definition) is 2. The van der Waals surface area contributed by atoms with Gasteiger partial charge in [0.15, 0.2) is 6.10 Å². The number of amides is 1. The Morgan fingerprint density at radius 2 is 2.10 bits per heavy atom. The van der Waals surface area contributed by atoms with Crippen LogP contribution < -0.4 is 15.8 Å². The summed E-state index contributed by atoms with van der Waals surface area (Å²) in [4.78, 5) is 23.2. The van der Waals surface area contributed by atoms with E-state index in [1.165, 1.54) is 25.4 Å². The molecule has 0 aromatic carbocycles. The lowest BCUT2D eigenvalue weighted by Gasteiger charge is -2.36. The number of nitrogens with two attached hydrogens (primary N) is 1. The van der Waals surface area contributed by atoms with Crippen molar-refractivity contribution in [1.29, 1.82) is 0 Å². The molecule has 1 amide bonds. The molecule has 2 unspecified atom stereocenters. The number of anilines is 1. The highest BCUT2D eigenvalue weighted by Gasteiger charge is 2.52. The predicted molar refractivity (Wildman–Crippen MR) is 97.8 cm³/mol. The highest BCUT2D eigenvalue weighted by Crippen LogP contribution is 2.41. The quantitative estimate of drug-likeness (QED) is 0.541.